The summed E-state index contributed by atoms with van der Waals surface area (Å²) in [6.07, 6.45) is 3.68. The number of likely N-dealkylation sites (N-methyl/N-ethyl adjacent to an activating group) is 1. The predicted molar refractivity (Wildman–Crippen MR) is 79.1 cm³/mol. The fourth-order valence-electron chi connectivity index (χ4n) is 3.20. The highest BCUT2D eigenvalue weighted by Crippen LogP contribution is 2.42. The van der Waals surface area contributed by atoms with Crippen molar-refractivity contribution < 1.29 is 0 Å². The van der Waals surface area contributed by atoms with Crippen LogP contribution in [0.5, 0.6) is 0 Å². The number of nitrogens with zero attached hydrogens (tertiary/aromatic N) is 4. The third-order valence-electron chi connectivity index (χ3n) is 4.70. The fourth-order valence-corrected chi connectivity index (χ4v) is 3.20. The molecule has 5 nitrogen and oxygen atoms in total. The molecule has 1 aromatic heterocycles. The molecule has 4 rings (SSSR count). The Morgan fingerprint density at radius 1 is 1.10 bits per heavy atom. The Morgan fingerprint density at radius 3 is 2.65 bits per heavy atom. The maximum Gasteiger partial charge on any atom is 0.225 e. The summed E-state index contributed by atoms with van der Waals surface area (Å²) in [5.41, 5.74) is 4.04. The van der Waals surface area contributed by atoms with Gasteiger partial charge in [-0.25, -0.2) is 9.97 Å². The summed E-state index contributed by atoms with van der Waals surface area (Å²) < 4.78 is 0. The van der Waals surface area contributed by atoms with E-state index in [-0.39, 0.29) is 0 Å². The Kier molecular flexibility index (Phi) is 3.11. The normalized spacial score (nSPS) is 23.8. The van der Waals surface area contributed by atoms with Crippen molar-refractivity contribution in [2.75, 3.05) is 44.7 Å². The van der Waals surface area contributed by atoms with Gasteiger partial charge in [0, 0.05) is 57.2 Å². The van der Waals surface area contributed by atoms with Crippen molar-refractivity contribution in [3.8, 4) is 0 Å². The number of rotatable bonds is 2. The lowest BCUT2D eigenvalue weighted by atomic mass is 10.0. The molecule has 2 fully saturated rings. The Morgan fingerprint density at radius 2 is 1.90 bits per heavy atom. The topological polar surface area (TPSA) is 44.3 Å². The number of piperazine rings is 1. The first-order valence-electron chi connectivity index (χ1n) is 7.85. The Balaban J connectivity index is 1.67. The van der Waals surface area contributed by atoms with Gasteiger partial charge in [-0.05, 0) is 19.9 Å². The lowest BCUT2D eigenvalue weighted by Gasteiger charge is -2.33. The van der Waals surface area contributed by atoms with Gasteiger partial charge in [-0.3, -0.25) is 0 Å². The van der Waals surface area contributed by atoms with Crippen molar-refractivity contribution in [3.63, 3.8) is 0 Å². The number of fused-ring (bicyclic) bond motifs is 1. The predicted octanol–water partition coefficient (Wildman–Crippen LogP) is 0.751. The third-order valence-corrected chi connectivity index (χ3v) is 4.70. The molecule has 1 N–H and O–H groups in total. The summed E-state index contributed by atoms with van der Waals surface area (Å²) in [6.45, 7) is 6.34. The van der Waals surface area contributed by atoms with E-state index in [9.17, 15) is 0 Å². The first kappa shape index (κ1) is 12.5. The van der Waals surface area contributed by atoms with Crippen molar-refractivity contribution in [1.82, 2.24) is 20.2 Å². The van der Waals surface area contributed by atoms with Crippen LogP contribution in [0.25, 0.3) is 0 Å². The van der Waals surface area contributed by atoms with Crippen molar-refractivity contribution in [3.05, 3.63) is 17.0 Å². The molecule has 1 saturated carbocycles. The van der Waals surface area contributed by atoms with Crippen LogP contribution >= 0.6 is 0 Å². The lowest BCUT2D eigenvalue weighted by molar-refractivity contribution is 0.311. The Bertz CT molecular complexity index is 503. The second kappa shape index (κ2) is 4.97. The summed E-state index contributed by atoms with van der Waals surface area (Å²) in [4.78, 5) is 14.6. The fraction of sp³-hybridized carbons (Fsp3) is 0.733. The van der Waals surface area contributed by atoms with Crippen molar-refractivity contribution in [1.29, 1.82) is 0 Å². The molecule has 0 aromatic carbocycles. The molecule has 0 unspecified atom stereocenters. The minimum absolute atomic E-state index is 0.706. The van der Waals surface area contributed by atoms with Gasteiger partial charge in [-0.1, -0.05) is 0 Å². The molecule has 5 heteroatoms. The van der Waals surface area contributed by atoms with Gasteiger partial charge in [0.05, 0.1) is 11.4 Å². The van der Waals surface area contributed by atoms with Crippen LogP contribution in [0.15, 0.2) is 0 Å². The highest BCUT2D eigenvalue weighted by Gasteiger charge is 2.31. The number of hydrogen-bond donors (Lipinski definition) is 1. The number of anilines is 1. The minimum atomic E-state index is 0.706. The second-order valence-electron chi connectivity index (χ2n) is 6.33. The maximum atomic E-state index is 4.95. The molecule has 0 amide bonds. The van der Waals surface area contributed by atoms with Crippen LogP contribution < -0.4 is 10.2 Å². The molecule has 2 aliphatic heterocycles. The van der Waals surface area contributed by atoms with E-state index < -0.39 is 0 Å². The van der Waals surface area contributed by atoms with Crippen molar-refractivity contribution in [2.24, 2.45) is 0 Å². The molecule has 20 heavy (non-hydrogen) atoms. The van der Waals surface area contributed by atoms with Gasteiger partial charge in [-0.15, -0.1) is 0 Å². The van der Waals surface area contributed by atoms with Gasteiger partial charge in [0.2, 0.25) is 5.95 Å². The van der Waals surface area contributed by atoms with E-state index in [1.807, 2.05) is 0 Å². The zero-order valence-corrected chi connectivity index (χ0v) is 12.2. The number of hydrogen-bond acceptors (Lipinski definition) is 5. The summed E-state index contributed by atoms with van der Waals surface area (Å²) in [7, 11) is 2.19. The van der Waals surface area contributed by atoms with E-state index in [2.05, 4.69) is 22.2 Å². The molecule has 1 saturated heterocycles. The molecule has 0 spiro atoms. The first-order valence-corrected chi connectivity index (χ1v) is 7.85. The van der Waals surface area contributed by atoms with Crippen LogP contribution in [0, 0.1) is 0 Å². The molecule has 1 aliphatic carbocycles. The van der Waals surface area contributed by atoms with E-state index in [1.165, 1.54) is 29.8 Å². The van der Waals surface area contributed by atoms with Gasteiger partial charge in [0.1, 0.15) is 0 Å². The van der Waals surface area contributed by atoms with Gasteiger partial charge in [0.25, 0.3) is 0 Å². The minimum Gasteiger partial charge on any atom is -0.338 e. The molecular weight excluding hydrogens is 250 g/mol. The van der Waals surface area contributed by atoms with Gasteiger partial charge in [-0.2, -0.15) is 0 Å². The van der Waals surface area contributed by atoms with Crippen LogP contribution in [-0.4, -0.2) is 54.6 Å². The molecule has 1 aromatic rings. The second-order valence-corrected chi connectivity index (χ2v) is 6.33. The number of aromatic nitrogens is 2. The smallest absolute Gasteiger partial charge is 0.225 e. The molecule has 0 atom stereocenters. The van der Waals surface area contributed by atoms with E-state index in [4.69, 9.17) is 9.97 Å². The zero-order chi connectivity index (χ0) is 13.5. The SMILES string of the molecule is CN1CCN(c2nc3c(c(C4CC4)n2)CNCC3)CC1. The summed E-state index contributed by atoms with van der Waals surface area (Å²) in [6, 6.07) is 0. The summed E-state index contributed by atoms with van der Waals surface area (Å²) >= 11 is 0. The standard InChI is InChI=1S/C15H23N5/c1-19-6-8-20(9-7-19)15-17-13-4-5-16-10-12(13)14(18-15)11-2-3-11/h11,16H,2-10H2,1H3. The highest BCUT2D eigenvalue weighted by atomic mass is 15.3. The largest absolute Gasteiger partial charge is 0.338 e. The monoisotopic (exact) mass is 273 g/mol. The van der Waals surface area contributed by atoms with Crippen LogP contribution in [0.2, 0.25) is 0 Å². The van der Waals surface area contributed by atoms with Gasteiger partial charge < -0.3 is 15.1 Å². The van der Waals surface area contributed by atoms with Crippen LogP contribution in [-0.2, 0) is 13.0 Å². The van der Waals surface area contributed by atoms with Crippen LogP contribution in [0.3, 0.4) is 0 Å². The molecule has 3 aliphatic rings. The Hall–Kier alpha value is -1.20. The Labute approximate surface area is 120 Å². The molecule has 3 heterocycles. The third kappa shape index (κ3) is 2.29. The molecular formula is C15H23N5. The van der Waals surface area contributed by atoms with Crippen molar-refractivity contribution in [2.45, 2.75) is 31.7 Å². The summed E-state index contributed by atoms with van der Waals surface area (Å²) in [5, 5.41) is 3.47. The molecule has 0 bridgehead atoms. The molecule has 0 radical (unpaired) electrons. The zero-order valence-electron chi connectivity index (χ0n) is 12.2. The van der Waals surface area contributed by atoms with Crippen LogP contribution in [0.4, 0.5) is 5.95 Å². The first-order chi connectivity index (χ1) is 9.81. The quantitative estimate of drug-likeness (QED) is 0.861. The number of nitrogens with one attached hydrogen (secondary N) is 1. The molecule has 108 valence electrons. The average molecular weight is 273 g/mol. The van der Waals surface area contributed by atoms with E-state index in [0.717, 1.165) is 51.6 Å². The highest BCUT2D eigenvalue weighted by molar-refractivity contribution is 5.41. The van der Waals surface area contributed by atoms with Gasteiger partial charge >= 0.3 is 0 Å². The van der Waals surface area contributed by atoms with Crippen molar-refractivity contribution >= 4 is 5.95 Å². The maximum absolute atomic E-state index is 4.95. The van der Waals surface area contributed by atoms with E-state index in [0.29, 0.717) is 5.92 Å². The van der Waals surface area contributed by atoms with E-state index >= 15 is 0 Å². The lowest BCUT2D eigenvalue weighted by Crippen LogP contribution is -2.45. The van der Waals surface area contributed by atoms with E-state index in [1.54, 1.807) is 0 Å². The van der Waals surface area contributed by atoms with Crippen LogP contribution in [0.1, 0.15) is 35.7 Å². The average Bonchev–Trinajstić information content (AvgIpc) is 3.31. The van der Waals surface area contributed by atoms with Gasteiger partial charge in [0.15, 0.2) is 0 Å². The summed E-state index contributed by atoms with van der Waals surface area (Å²) in [5.74, 6) is 1.69.